The lowest BCUT2D eigenvalue weighted by atomic mass is 9.96. The molecule has 1 aromatic heterocycles. The molecular weight excluding hydrogens is 386 g/mol. The highest BCUT2D eigenvalue weighted by molar-refractivity contribution is 5.87. The molecule has 0 atom stereocenters. The number of fused-ring (bicyclic) bond motifs is 2. The van der Waals surface area contributed by atoms with E-state index in [1.807, 2.05) is 50.2 Å². The lowest BCUT2D eigenvalue weighted by Gasteiger charge is -2.30. The molecule has 31 heavy (non-hydrogen) atoms. The van der Waals surface area contributed by atoms with Crippen LogP contribution in [0.4, 0.5) is 0 Å². The smallest absolute Gasteiger partial charge is 0.340 e. The first-order valence-electron chi connectivity index (χ1n) is 10.6. The average Bonchev–Trinajstić information content (AvgIpc) is 2.79. The maximum Gasteiger partial charge on any atom is 0.340 e. The normalized spacial score (nSPS) is 13.7. The Morgan fingerprint density at radius 2 is 1.58 bits per heavy atom. The number of hydrogen-bond donors (Lipinski definition) is 0. The molecule has 0 aliphatic carbocycles. The first-order valence-corrected chi connectivity index (χ1v) is 10.6. The Labute approximate surface area is 181 Å². The summed E-state index contributed by atoms with van der Waals surface area (Å²) in [6.07, 6.45) is 0.567. The third-order valence-electron chi connectivity index (χ3n) is 6.09. The van der Waals surface area contributed by atoms with Crippen molar-refractivity contribution in [3.05, 3.63) is 111 Å². The monoisotopic (exact) mass is 411 g/mol. The molecule has 156 valence electrons. The van der Waals surface area contributed by atoms with Crippen LogP contribution in [-0.2, 0) is 19.5 Å². The molecule has 0 bridgehead atoms. The van der Waals surface area contributed by atoms with Gasteiger partial charge >= 0.3 is 5.63 Å². The van der Waals surface area contributed by atoms with Gasteiger partial charge in [0.15, 0.2) is 0 Å². The van der Waals surface area contributed by atoms with Gasteiger partial charge in [0.25, 0.3) is 0 Å². The Kier molecular flexibility index (Phi) is 5.08. The number of hydrogen-bond acceptors (Lipinski definition) is 4. The van der Waals surface area contributed by atoms with Crippen molar-refractivity contribution >= 4 is 11.0 Å². The van der Waals surface area contributed by atoms with Crippen molar-refractivity contribution in [2.24, 2.45) is 0 Å². The quantitative estimate of drug-likeness (QED) is 0.425. The van der Waals surface area contributed by atoms with Crippen LogP contribution < -0.4 is 10.4 Å². The topological polar surface area (TPSA) is 42.7 Å². The van der Waals surface area contributed by atoms with Crippen LogP contribution in [0, 0.1) is 13.8 Å². The van der Waals surface area contributed by atoms with E-state index in [9.17, 15) is 4.79 Å². The van der Waals surface area contributed by atoms with Gasteiger partial charge in [0.1, 0.15) is 18.1 Å². The summed E-state index contributed by atoms with van der Waals surface area (Å²) in [5, 5.41) is 0.993. The van der Waals surface area contributed by atoms with E-state index < -0.39 is 0 Å². The molecule has 2 heterocycles. The van der Waals surface area contributed by atoms with E-state index in [1.165, 1.54) is 5.56 Å². The maximum absolute atomic E-state index is 12.8. The average molecular weight is 412 g/mol. The van der Waals surface area contributed by atoms with Gasteiger partial charge in [0, 0.05) is 41.6 Å². The van der Waals surface area contributed by atoms with Gasteiger partial charge in [0.05, 0.1) is 0 Å². The summed E-state index contributed by atoms with van der Waals surface area (Å²) >= 11 is 0. The zero-order chi connectivity index (χ0) is 21.4. The van der Waals surface area contributed by atoms with E-state index in [0.29, 0.717) is 18.7 Å². The van der Waals surface area contributed by atoms with Crippen LogP contribution in [0.1, 0.15) is 33.4 Å². The summed E-state index contributed by atoms with van der Waals surface area (Å²) in [5.41, 5.74) is 6.47. The van der Waals surface area contributed by atoms with Crippen molar-refractivity contribution in [1.29, 1.82) is 0 Å². The lowest BCUT2D eigenvalue weighted by molar-refractivity contribution is 0.0881. The molecule has 0 unspecified atom stereocenters. The van der Waals surface area contributed by atoms with E-state index in [4.69, 9.17) is 9.15 Å². The molecule has 4 nitrogen and oxygen atoms in total. The molecule has 0 fully saturated rings. The predicted molar refractivity (Wildman–Crippen MR) is 122 cm³/mol. The number of ether oxygens (including phenoxy) is 1. The maximum atomic E-state index is 12.8. The third-order valence-corrected chi connectivity index (χ3v) is 6.09. The minimum absolute atomic E-state index is 0.265. The fourth-order valence-electron chi connectivity index (χ4n) is 4.44. The van der Waals surface area contributed by atoms with Crippen LogP contribution in [-0.4, -0.2) is 11.6 Å². The van der Waals surface area contributed by atoms with Gasteiger partial charge in [-0.1, -0.05) is 60.7 Å². The number of rotatable bonds is 4. The van der Waals surface area contributed by atoms with Gasteiger partial charge in [-0.05, 0) is 36.6 Å². The molecular formula is C27H25NO3. The minimum atomic E-state index is -0.265. The summed E-state index contributed by atoms with van der Waals surface area (Å²) in [4.78, 5) is 15.1. The highest BCUT2D eigenvalue weighted by atomic mass is 16.5. The zero-order valence-corrected chi connectivity index (χ0v) is 17.9. The van der Waals surface area contributed by atoms with Crippen molar-refractivity contribution in [2.45, 2.75) is 33.4 Å². The SMILES string of the molecule is Cc1c(Cc2ccccc2)c(=O)oc2c(C)c3c(cc12)CN(Cc1ccccc1)CO3. The Hall–Kier alpha value is -3.37. The second-order valence-electron chi connectivity index (χ2n) is 8.27. The highest BCUT2D eigenvalue weighted by Crippen LogP contribution is 2.36. The fraction of sp³-hybridized carbons (Fsp3) is 0.222. The van der Waals surface area contributed by atoms with Crippen molar-refractivity contribution in [3.63, 3.8) is 0 Å². The number of benzene rings is 3. The predicted octanol–water partition coefficient (Wildman–Crippen LogP) is 5.35. The van der Waals surface area contributed by atoms with Gasteiger partial charge in [-0.3, -0.25) is 4.90 Å². The molecule has 4 heteroatoms. The first-order chi connectivity index (χ1) is 15.1. The molecule has 0 N–H and O–H groups in total. The molecule has 0 saturated carbocycles. The summed E-state index contributed by atoms with van der Waals surface area (Å²) < 4.78 is 11.9. The van der Waals surface area contributed by atoms with Crippen molar-refractivity contribution < 1.29 is 9.15 Å². The van der Waals surface area contributed by atoms with Crippen LogP contribution >= 0.6 is 0 Å². The lowest BCUT2D eigenvalue weighted by Crippen LogP contribution is -2.32. The molecule has 5 rings (SSSR count). The van der Waals surface area contributed by atoms with Crippen LogP contribution in [0.2, 0.25) is 0 Å². The zero-order valence-electron chi connectivity index (χ0n) is 17.9. The van der Waals surface area contributed by atoms with E-state index in [-0.39, 0.29) is 5.63 Å². The largest absolute Gasteiger partial charge is 0.477 e. The minimum Gasteiger partial charge on any atom is -0.477 e. The Morgan fingerprint density at radius 3 is 2.29 bits per heavy atom. The van der Waals surface area contributed by atoms with E-state index in [1.54, 1.807) is 0 Å². The second-order valence-corrected chi connectivity index (χ2v) is 8.27. The van der Waals surface area contributed by atoms with Crippen molar-refractivity contribution in [3.8, 4) is 5.75 Å². The van der Waals surface area contributed by atoms with Crippen LogP contribution in [0.15, 0.2) is 75.9 Å². The molecule has 3 aromatic carbocycles. The summed E-state index contributed by atoms with van der Waals surface area (Å²) in [6, 6.07) is 22.6. The van der Waals surface area contributed by atoms with Crippen molar-refractivity contribution in [2.75, 3.05) is 6.73 Å². The van der Waals surface area contributed by atoms with E-state index >= 15 is 0 Å². The molecule has 4 aromatic rings. The van der Waals surface area contributed by atoms with E-state index in [2.05, 4.69) is 35.2 Å². The van der Waals surface area contributed by atoms with Gasteiger partial charge in [-0.2, -0.15) is 0 Å². The van der Waals surface area contributed by atoms with Crippen molar-refractivity contribution in [1.82, 2.24) is 4.90 Å². The summed E-state index contributed by atoms with van der Waals surface area (Å²) in [6.45, 7) is 6.15. The van der Waals surface area contributed by atoms with Crippen LogP contribution in [0.3, 0.4) is 0 Å². The summed E-state index contributed by atoms with van der Waals surface area (Å²) in [7, 11) is 0. The van der Waals surface area contributed by atoms with Gasteiger partial charge < -0.3 is 9.15 Å². The van der Waals surface area contributed by atoms with Crippen LogP contribution in [0.5, 0.6) is 5.75 Å². The van der Waals surface area contributed by atoms with Crippen LogP contribution in [0.25, 0.3) is 11.0 Å². The summed E-state index contributed by atoms with van der Waals surface area (Å²) in [5.74, 6) is 0.843. The van der Waals surface area contributed by atoms with E-state index in [0.717, 1.165) is 52.0 Å². The molecule has 0 radical (unpaired) electrons. The Balaban J connectivity index is 1.53. The first kappa shape index (κ1) is 19.6. The second kappa shape index (κ2) is 8.05. The Bertz CT molecular complexity index is 1290. The molecule has 0 spiro atoms. The number of nitrogens with zero attached hydrogens (tertiary/aromatic N) is 1. The van der Waals surface area contributed by atoms with Gasteiger partial charge in [-0.25, -0.2) is 4.79 Å². The molecule has 1 aliphatic heterocycles. The molecule has 1 aliphatic rings. The molecule has 0 saturated heterocycles. The molecule has 0 amide bonds. The number of aryl methyl sites for hydroxylation is 2. The highest BCUT2D eigenvalue weighted by Gasteiger charge is 2.24. The fourth-order valence-corrected chi connectivity index (χ4v) is 4.44. The van der Waals surface area contributed by atoms with Gasteiger partial charge in [0.2, 0.25) is 0 Å². The van der Waals surface area contributed by atoms with Gasteiger partial charge in [-0.15, -0.1) is 0 Å². The third kappa shape index (κ3) is 3.75. The standard InChI is InChI=1S/C27H25NO3/c1-18-23-14-22-16-28(15-21-11-7-4-8-12-21)17-30-25(22)19(2)26(23)31-27(29)24(18)13-20-9-5-3-6-10-20/h3-12,14H,13,15-17H2,1-2H3. The Morgan fingerprint density at radius 1 is 0.903 bits per heavy atom.